The van der Waals surface area contributed by atoms with E-state index in [4.69, 9.17) is 4.42 Å². The Bertz CT molecular complexity index is 3660. The largest absolute Gasteiger partial charge is 0.456 e. The van der Waals surface area contributed by atoms with Crippen LogP contribution in [-0.4, -0.2) is 0 Å². The summed E-state index contributed by atoms with van der Waals surface area (Å²) in [4.78, 5) is 2.38. The van der Waals surface area contributed by atoms with Gasteiger partial charge in [0, 0.05) is 48.0 Å². The quantitative estimate of drug-likeness (QED) is 0.159. The Kier molecular flexibility index (Phi) is 8.34. The summed E-state index contributed by atoms with van der Waals surface area (Å²) in [7, 11) is 0. The first-order valence-corrected chi connectivity index (χ1v) is 22.7. The summed E-state index contributed by atoms with van der Waals surface area (Å²) in [6, 6.07) is 86.3. The molecule has 0 atom stereocenters. The van der Waals surface area contributed by atoms with Gasteiger partial charge >= 0.3 is 0 Å². The number of rotatable bonds is 7. The third-order valence-corrected chi connectivity index (χ3v) is 14.5. The van der Waals surface area contributed by atoms with Crippen molar-refractivity contribution in [2.45, 2.75) is 5.41 Å². The Morgan fingerprint density at radius 2 is 0.875 bits per heavy atom. The topological polar surface area (TPSA) is 16.4 Å². The predicted molar refractivity (Wildman–Crippen MR) is 269 cm³/mol. The van der Waals surface area contributed by atoms with Gasteiger partial charge in [0.05, 0.1) is 5.41 Å². The first-order chi connectivity index (χ1) is 31.7. The van der Waals surface area contributed by atoms with E-state index < -0.39 is 5.41 Å². The zero-order chi connectivity index (χ0) is 42.2. The lowest BCUT2D eigenvalue weighted by molar-refractivity contribution is 0.666. The van der Waals surface area contributed by atoms with Gasteiger partial charge in [0.25, 0.3) is 0 Å². The van der Waals surface area contributed by atoms with Crippen LogP contribution in [0.1, 0.15) is 22.3 Å². The first-order valence-electron chi connectivity index (χ1n) is 21.9. The molecule has 0 saturated carbocycles. The number of thiophene rings is 1. The summed E-state index contributed by atoms with van der Waals surface area (Å²) >= 11 is 1.85. The van der Waals surface area contributed by atoms with Gasteiger partial charge < -0.3 is 9.32 Å². The highest BCUT2D eigenvalue weighted by Gasteiger charge is 2.46. The van der Waals surface area contributed by atoms with Crippen LogP contribution in [0.15, 0.2) is 241 Å². The highest BCUT2D eigenvalue weighted by molar-refractivity contribution is 7.25. The standard InChI is InChI=1S/C61H39NOS/c1-4-14-40(15-5-1)41-24-29-46(30-25-41)62(48-33-35-60-54(37-48)50-21-11-13-23-59(50)64-60)47-31-26-42(27-32-47)43-28-34-57-52(36-43)53-38-51-49-20-10-12-22-55(49)61(44-16-6-2-7-17-44,45-18-8-3-9-19-45)56(51)39-58(53)63-57/h1-39H. The lowest BCUT2D eigenvalue weighted by Gasteiger charge is -2.33. The molecule has 0 saturated heterocycles. The maximum Gasteiger partial charge on any atom is 0.135 e. The van der Waals surface area contributed by atoms with Crippen LogP contribution in [0.25, 0.3) is 75.5 Å². The number of furan rings is 1. The van der Waals surface area contributed by atoms with Crippen molar-refractivity contribution in [1.82, 2.24) is 0 Å². The molecule has 10 aromatic carbocycles. The van der Waals surface area contributed by atoms with Crippen LogP contribution >= 0.6 is 11.3 Å². The van der Waals surface area contributed by atoms with Crippen LogP contribution in [0.3, 0.4) is 0 Å². The van der Waals surface area contributed by atoms with E-state index in [1.54, 1.807) is 0 Å². The van der Waals surface area contributed by atoms with Crippen LogP contribution in [0, 0.1) is 0 Å². The van der Waals surface area contributed by atoms with Crippen molar-refractivity contribution in [3.63, 3.8) is 0 Å². The zero-order valence-electron chi connectivity index (χ0n) is 34.8. The number of anilines is 3. The highest BCUT2D eigenvalue weighted by atomic mass is 32.1. The van der Waals surface area contributed by atoms with Crippen LogP contribution < -0.4 is 4.90 Å². The van der Waals surface area contributed by atoms with Crippen molar-refractivity contribution in [3.8, 4) is 33.4 Å². The van der Waals surface area contributed by atoms with E-state index in [1.807, 2.05) is 11.3 Å². The Balaban J connectivity index is 0.919. The molecule has 12 aromatic rings. The molecule has 0 spiro atoms. The second-order valence-electron chi connectivity index (χ2n) is 16.8. The number of hydrogen-bond acceptors (Lipinski definition) is 3. The summed E-state index contributed by atoms with van der Waals surface area (Å²) in [6.07, 6.45) is 0. The molecule has 64 heavy (non-hydrogen) atoms. The van der Waals surface area contributed by atoms with Crippen molar-refractivity contribution in [3.05, 3.63) is 259 Å². The molecule has 2 heterocycles. The zero-order valence-corrected chi connectivity index (χ0v) is 35.6. The van der Waals surface area contributed by atoms with E-state index in [1.165, 1.54) is 64.7 Å². The van der Waals surface area contributed by atoms with Crippen LogP contribution in [-0.2, 0) is 5.41 Å². The van der Waals surface area contributed by atoms with Crippen molar-refractivity contribution in [2.75, 3.05) is 4.90 Å². The van der Waals surface area contributed by atoms with E-state index in [9.17, 15) is 0 Å². The minimum atomic E-state index is -0.477. The molecule has 0 N–H and O–H groups in total. The molecule has 300 valence electrons. The molecule has 0 bridgehead atoms. The Labute approximate surface area is 375 Å². The first kappa shape index (κ1) is 36.7. The molecule has 13 rings (SSSR count). The second-order valence-corrected chi connectivity index (χ2v) is 17.9. The molecule has 0 fully saturated rings. The molecule has 2 aromatic heterocycles. The van der Waals surface area contributed by atoms with E-state index in [-0.39, 0.29) is 0 Å². The number of benzene rings is 10. The van der Waals surface area contributed by atoms with Gasteiger partial charge in [-0.25, -0.2) is 0 Å². The third kappa shape index (κ3) is 5.64. The van der Waals surface area contributed by atoms with E-state index in [0.29, 0.717) is 0 Å². The molecule has 0 unspecified atom stereocenters. The fraction of sp³-hybridized carbons (Fsp3) is 0.0164. The lowest BCUT2D eigenvalue weighted by Crippen LogP contribution is -2.28. The lowest BCUT2D eigenvalue weighted by atomic mass is 9.67. The summed E-state index contributed by atoms with van der Waals surface area (Å²) in [5.74, 6) is 0. The minimum absolute atomic E-state index is 0.477. The molecule has 3 heteroatoms. The number of fused-ring (bicyclic) bond motifs is 9. The predicted octanol–water partition coefficient (Wildman–Crippen LogP) is 17.1. The smallest absolute Gasteiger partial charge is 0.135 e. The third-order valence-electron chi connectivity index (χ3n) is 13.4. The molecule has 1 aliphatic rings. The Morgan fingerprint density at radius 3 is 1.59 bits per heavy atom. The van der Waals surface area contributed by atoms with Gasteiger partial charge in [0.2, 0.25) is 0 Å². The molecule has 0 amide bonds. The van der Waals surface area contributed by atoms with Crippen molar-refractivity contribution in [2.24, 2.45) is 0 Å². The Hall–Kier alpha value is -7.98. The normalized spacial score (nSPS) is 12.8. The van der Waals surface area contributed by atoms with Gasteiger partial charge in [0.1, 0.15) is 11.2 Å². The number of hydrogen-bond donors (Lipinski definition) is 0. The second kappa shape index (κ2) is 14.6. The van der Waals surface area contributed by atoms with Crippen molar-refractivity contribution >= 4 is 70.5 Å². The molecule has 0 radical (unpaired) electrons. The van der Waals surface area contributed by atoms with Gasteiger partial charge in [-0.3, -0.25) is 0 Å². The minimum Gasteiger partial charge on any atom is -0.456 e. The SMILES string of the molecule is c1ccc(-c2ccc(N(c3ccc(-c4ccc5oc6cc7c(cc6c5c4)-c4ccccc4C7(c4ccccc4)c4ccccc4)cc3)c3ccc4sc5ccccc5c4c3)cc2)cc1. The molecule has 2 nitrogen and oxygen atoms in total. The molecular weight excluding hydrogens is 795 g/mol. The van der Waals surface area contributed by atoms with Crippen molar-refractivity contribution in [1.29, 1.82) is 0 Å². The molecule has 1 aliphatic carbocycles. The van der Waals surface area contributed by atoms with Gasteiger partial charge in [-0.05, 0) is 128 Å². The van der Waals surface area contributed by atoms with Gasteiger partial charge in [0.15, 0.2) is 0 Å². The van der Waals surface area contributed by atoms with Gasteiger partial charge in [-0.1, -0.05) is 164 Å². The molecular formula is C61H39NOS. The fourth-order valence-corrected chi connectivity index (χ4v) is 11.5. The van der Waals surface area contributed by atoms with E-state index in [2.05, 4.69) is 241 Å². The monoisotopic (exact) mass is 833 g/mol. The van der Waals surface area contributed by atoms with Gasteiger partial charge in [-0.2, -0.15) is 0 Å². The van der Waals surface area contributed by atoms with Crippen LogP contribution in [0.2, 0.25) is 0 Å². The van der Waals surface area contributed by atoms with E-state index >= 15 is 0 Å². The average molecular weight is 834 g/mol. The van der Waals surface area contributed by atoms with Crippen LogP contribution in [0.4, 0.5) is 17.1 Å². The number of nitrogens with zero attached hydrogens (tertiary/aromatic N) is 1. The molecule has 0 aliphatic heterocycles. The maximum atomic E-state index is 6.76. The summed E-state index contributed by atoms with van der Waals surface area (Å²) < 4.78 is 9.36. The van der Waals surface area contributed by atoms with E-state index in [0.717, 1.165) is 50.1 Å². The summed E-state index contributed by atoms with van der Waals surface area (Å²) in [5.41, 5.74) is 16.9. The average Bonchev–Trinajstić information content (AvgIpc) is 4.02. The van der Waals surface area contributed by atoms with Crippen molar-refractivity contribution < 1.29 is 4.42 Å². The van der Waals surface area contributed by atoms with Gasteiger partial charge in [-0.15, -0.1) is 11.3 Å². The summed E-state index contributed by atoms with van der Waals surface area (Å²) in [5, 5.41) is 4.81. The fourth-order valence-electron chi connectivity index (χ4n) is 10.4. The van der Waals surface area contributed by atoms with Crippen LogP contribution in [0.5, 0.6) is 0 Å². The Morgan fingerprint density at radius 1 is 0.328 bits per heavy atom. The highest BCUT2D eigenvalue weighted by Crippen LogP contribution is 2.57. The maximum absolute atomic E-state index is 6.76. The summed E-state index contributed by atoms with van der Waals surface area (Å²) in [6.45, 7) is 0.